The third-order valence-corrected chi connectivity index (χ3v) is 5.23. The Labute approximate surface area is 156 Å². The van der Waals surface area contributed by atoms with E-state index in [1.807, 2.05) is 27.7 Å². The number of hydrogen-bond donors (Lipinski definition) is 3. The van der Waals surface area contributed by atoms with Crippen molar-refractivity contribution in [2.75, 3.05) is 6.54 Å². The standard InChI is InChI=1S/C19H35N3O4/c1-11(2)9-15(19(25)26)22-17(23)14-7-5-13(6-8-14)10-21-18(24)16(20)12(3)4/h11-16H,5-10,20H2,1-4H3,(H,21,24)(H,22,23)(H,25,26)/t13?,14?,15-,16+/m1/s1. The van der Waals surface area contributed by atoms with E-state index >= 15 is 0 Å². The normalized spacial score (nSPS) is 22.7. The summed E-state index contributed by atoms with van der Waals surface area (Å²) >= 11 is 0. The van der Waals surface area contributed by atoms with Crippen LogP contribution in [0.15, 0.2) is 0 Å². The molecule has 2 atom stereocenters. The van der Waals surface area contributed by atoms with Crippen LogP contribution in [0.4, 0.5) is 0 Å². The molecule has 7 nitrogen and oxygen atoms in total. The van der Waals surface area contributed by atoms with E-state index in [-0.39, 0.29) is 35.6 Å². The minimum Gasteiger partial charge on any atom is -0.548 e. The first-order chi connectivity index (χ1) is 12.1. The molecule has 0 saturated heterocycles. The number of carboxylic acids is 1. The molecule has 1 aliphatic carbocycles. The molecule has 2 amide bonds. The Hall–Kier alpha value is -1.63. The van der Waals surface area contributed by atoms with Crippen molar-refractivity contribution in [1.29, 1.82) is 0 Å². The molecule has 150 valence electrons. The van der Waals surface area contributed by atoms with Gasteiger partial charge in [0.1, 0.15) is 0 Å². The van der Waals surface area contributed by atoms with Crippen molar-refractivity contribution in [3.63, 3.8) is 0 Å². The molecule has 0 heterocycles. The number of rotatable bonds is 9. The Morgan fingerprint density at radius 3 is 2.12 bits per heavy atom. The lowest BCUT2D eigenvalue weighted by atomic mass is 9.81. The zero-order chi connectivity index (χ0) is 19.9. The third-order valence-electron chi connectivity index (χ3n) is 5.23. The largest absolute Gasteiger partial charge is 0.548 e. The van der Waals surface area contributed by atoms with Crippen molar-refractivity contribution >= 4 is 17.8 Å². The van der Waals surface area contributed by atoms with E-state index in [0.717, 1.165) is 12.8 Å². The average Bonchev–Trinajstić information content (AvgIpc) is 2.58. The van der Waals surface area contributed by atoms with Gasteiger partial charge >= 0.3 is 0 Å². The molecule has 26 heavy (non-hydrogen) atoms. The average molecular weight is 370 g/mol. The van der Waals surface area contributed by atoms with Gasteiger partial charge < -0.3 is 26.3 Å². The van der Waals surface area contributed by atoms with Crippen LogP contribution in [0, 0.1) is 23.7 Å². The summed E-state index contributed by atoms with van der Waals surface area (Å²) in [5.74, 6) is -0.874. The molecule has 0 unspecified atom stereocenters. The number of nitrogens with one attached hydrogen (secondary N) is 2. The molecule has 0 aliphatic heterocycles. The van der Waals surface area contributed by atoms with Crippen LogP contribution >= 0.6 is 0 Å². The van der Waals surface area contributed by atoms with Crippen LogP contribution in [0.5, 0.6) is 0 Å². The summed E-state index contributed by atoms with van der Waals surface area (Å²) in [5, 5.41) is 16.8. The van der Waals surface area contributed by atoms with Gasteiger partial charge in [0.25, 0.3) is 5.91 Å². The SMILES string of the molecule is CC(C)C[C@@H](NC(=O)C1CCC(CNC(=O)[C@@H]([NH3+])C(C)C)CC1)C(=O)[O-]. The molecule has 7 heteroatoms. The van der Waals surface area contributed by atoms with Gasteiger partial charge in [-0.25, -0.2) is 0 Å². The first-order valence-corrected chi connectivity index (χ1v) is 9.73. The van der Waals surface area contributed by atoms with Gasteiger partial charge in [0.05, 0.1) is 12.0 Å². The van der Waals surface area contributed by atoms with Gasteiger partial charge in [0.15, 0.2) is 6.04 Å². The highest BCUT2D eigenvalue weighted by Crippen LogP contribution is 2.28. The highest BCUT2D eigenvalue weighted by atomic mass is 16.4. The second kappa shape index (κ2) is 10.5. The summed E-state index contributed by atoms with van der Waals surface area (Å²) in [6, 6.07) is -1.18. The van der Waals surface area contributed by atoms with Gasteiger partial charge in [-0.05, 0) is 43.9 Å². The summed E-state index contributed by atoms with van der Waals surface area (Å²) in [4.78, 5) is 35.5. The summed E-state index contributed by atoms with van der Waals surface area (Å²) in [7, 11) is 0. The number of quaternary nitrogens is 1. The van der Waals surface area contributed by atoms with E-state index in [2.05, 4.69) is 16.4 Å². The van der Waals surface area contributed by atoms with Crippen LogP contribution in [0.25, 0.3) is 0 Å². The van der Waals surface area contributed by atoms with Crippen molar-refractivity contribution in [1.82, 2.24) is 10.6 Å². The fourth-order valence-corrected chi connectivity index (χ4v) is 3.28. The number of carbonyl (C=O) groups excluding carboxylic acids is 3. The van der Waals surface area contributed by atoms with E-state index in [1.165, 1.54) is 0 Å². The maximum atomic E-state index is 12.4. The number of amides is 2. The molecule has 0 aromatic carbocycles. The Morgan fingerprint density at radius 1 is 1.08 bits per heavy atom. The Bertz CT molecular complexity index is 485. The first-order valence-electron chi connectivity index (χ1n) is 9.73. The molecular weight excluding hydrogens is 334 g/mol. The topological polar surface area (TPSA) is 126 Å². The van der Waals surface area contributed by atoms with Crippen LogP contribution in [0.2, 0.25) is 0 Å². The van der Waals surface area contributed by atoms with E-state index in [0.29, 0.717) is 31.7 Å². The molecule has 0 radical (unpaired) electrons. The molecule has 0 aromatic heterocycles. The van der Waals surface area contributed by atoms with Crippen molar-refractivity contribution in [2.45, 2.75) is 71.9 Å². The monoisotopic (exact) mass is 369 g/mol. The lowest BCUT2D eigenvalue weighted by Gasteiger charge is -2.30. The van der Waals surface area contributed by atoms with Crippen LogP contribution in [0.1, 0.15) is 59.8 Å². The lowest BCUT2D eigenvalue weighted by Crippen LogP contribution is -2.70. The smallest absolute Gasteiger partial charge is 0.278 e. The summed E-state index contributed by atoms with van der Waals surface area (Å²) < 4.78 is 0. The van der Waals surface area contributed by atoms with Crippen molar-refractivity contribution in [2.24, 2.45) is 23.7 Å². The second-order valence-electron chi connectivity index (χ2n) is 8.32. The molecular formula is C19H35N3O4. The highest BCUT2D eigenvalue weighted by Gasteiger charge is 2.29. The number of carbonyl (C=O) groups is 3. The zero-order valence-corrected chi connectivity index (χ0v) is 16.5. The molecule has 0 spiro atoms. The molecule has 1 fully saturated rings. The van der Waals surface area contributed by atoms with Gasteiger partial charge in [0, 0.05) is 18.4 Å². The van der Waals surface area contributed by atoms with Crippen LogP contribution in [-0.2, 0) is 14.4 Å². The minimum absolute atomic E-state index is 0.0228. The zero-order valence-electron chi connectivity index (χ0n) is 16.5. The van der Waals surface area contributed by atoms with Crippen molar-refractivity contribution in [3.8, 4) is 0 Å². The summed E-state index contributed by atoms with van der Waals surface area (Å²) in [6.07, 6.45) is 3.50. The van der Waals surface area contributed by atoms with E-state index < -0.39 is 12.0 Å². The Balaban J connectivity index is 2.39. The van der Waals surface area contributed by atoms with E-state index in [1.54, 1.807) is 0 Å². The molecule has 1 rings (SSSR count). The van der Waals surface area contributed by atoms with E-state index in [9.17, 15) is 19.5 Å². The van der Waals surface area contributed by atoms with E-state index in [4.69, 9.17) is 0 Å². The van der Waals surface area contributed by atoms with Crippen LogP contribution in [-0.4, -0.2) is 36.4 Å². The molecule has 0 aromatic rings. The van der Waals surface area contributed by atoms with Crippen LogP contribution in [0.3, 0.4) is 0 Å². The number of carboxylic acid groups (broad SMARTS) is 1. The second-order valence-corrected chi connectivity index (χ2v) is 8.32. The maximum Gasteiger partial charge on any atom is 0.278 e. The predicted molar refractivity (Wildman–Crippen MR) is 96.4 cm³/mol. The molecule has 1 saturated carbocycles. The number of aliphatic carboxylic acids is 1. The first kappa shape index (κ1) is 22.4. The maximum absolute atomic E-state index is 12.4. The number of hydrogen-bond acceptors (Lipinski definition) is 4. The fourth-order valence-electron chi connectivity index (χ4n) is 3.28. The summed E-state index contributed by atoms with van der Waals surface area (Å²) in [5.41, 5.74) is 3.88. The molecule has 5 N–H and O–H groups in total. The minimum atomic E-state index is -1.23. The van der Waals surface area contributed by atoms with Gasteiger partial charge in [0.2, 0.25) is 5.91 Å². The fraction of sp³-hybridized carbons (Fsp3) is 0.842. The Kier molecular flexibility index (Phi) is 9.05. The quantitative estimate of drug-likeness (QED) is 0.504. The predicted octanol–water partition coefficient (Wildman–Crippen LogP) is -0.544. The Morgan fingerprint density at radius 2 is 1.65 bits per heavy atom. The van der Waals surface area contributed by atoms with Crippen molar-refractivity contribution < 1.29 is 25.2 Å². The third kappa shape index (κ3) is 7.32. The van der Waals surface area contributed by atoms with Gasteiger partial charge in [-0.3, -0.25) is 9.59 Å². The van der Waals surface area contributed by atoms with Gasteiger partial charge in [-0.15, -0.1) is 0 Å². The van der Waals surface area contributed by atoms with Gasteiger partial charge in [-0.2, -0.15) is 0 Å². The molecule has 0 bridgehead atoms. The van der Waals surface area contributed by atoms with Crippen molar-refractivity contribution in [3.05, 3.63) is 0 Å². The highest BCUT2D eigenvalue weighted by molar-refractivity contribution is 5.84. The van der Waals surface area contributed by atoms with Gasteiger partial charge in [-0.1, -0.05) is 27.7 Å². The lowest BCUT2D eigenvalue weighted by molar-refractivity contribution is -0.414. The summed E-state index contributed by atoms with van der Waals surface area (Å²) in [6.45, 7) is 8.38. The molecule has 1 aliphatic rings. The van der Waals surface area contributed by atoms with Crippen LogP contribution < -0.4 is 21.5 Å².